The van der Waals surface area contributed by atoms with Crippen molar-refractivity contribution in [2.45, 2.75) is 26.2 Å². The Balaban J connectivity index is 2.23. The predicted octanol–water partition coefficient (Wildman–Crippen LogP) is 2.42. The number of amides is 1. The Morgan fingerprint density at radius 2 is 2.40 bits per heavy atom. The van der Waals surface area contributed by atoms with E-state index in [0.29, 0.717) is 6.54 Å². The molecule has 1 aromatic rings. The molecule has 1 unspecified atom stereocenters. The van der Waals surface area contributed by atoms with Crippen molar-refractivity contribution in [3.8, 4) is 6.07 Å². The molecule has 1 aliphatic heterocycles. The van der Waals surface area contributed by atoms with Gasteiger partial charge in [0.15, 0.2) is 0 Å². The van der Waals surface area contributed by atoms with Gasteiger partial charge in [0.1, 0.15) is 17.4 Å². The van der Waals surface area contributed by atoms with Crippen LogP contribution in [0.1, 0.15) is 31.7 Å². The fourth-order valence-corrected chi connectivity index (χ4v) is 2.74. The minimum absolute atomic E-state index is 0.113. The molecule has 1 aromatic carbocycles. The zero-order valence-corrected chi connectivity index (χ0v) is 11.5. The molecule has 1 heterocycles. The second kappa shape index (κ2) is 6.02. The molecule has 0 saturated carbocycles. The number of carbonyl (C=O) groups is 1. The molecule has 1 saturated heterocycles. The molecule has 0 bridgehead atoms. The number of nitrogens with zero attached hydrogens (tertiary/aromatic N) is 1. The summed E-state index contributed by atoms with van der Waals surface area (Å²) in [5, 5.41) is 14.9. The van der Waals surface area contributed by atoms with Crippen molar-refractivity contribution in [2.75, 3.05) is 18.4 Å². The molecule has 2 N–H and O–H groups in total. The van der Waals surface area contributed by atoms with Crippen LogP contribution in [0, 0.1) is 22.6 Å². The van der Waals surface area contributed by atoms with E-state index >= 15 is 0 Å². The molecule has 2 rings (SSSR count). The van der Waals surface area contributed by atoms with Gasteiger partial charge in [0, 0.05) is 6.54 Å². The van der Waals surface area contributed by atoms with Crippen molar-refractivity contribution in [3.63, 3.8) is 0 Å². The molecule has 1 fully saturated rings. The molecular formula is C15H18FN3O. The Morgan fingerprint density at radius 1 is 1.60 bits per heavy atom. The van der Waals surface area contributed by atoms with Crippen LogP contribution in [-0.4, -0.2) is 19.0 Å². The third kappa shape index (κ3) is 2.66. The van der Waals surface area contributed by atoms with Crippen LogP contribution in [0.2, 0.25) is 0 Å². The van der Waals surface area contributed by atoms with Gasteiger partial charge in [0.05, 0.1) is 11.1 Å². The second-order valence-electron chi connectivity index (χ2n) is 5.19. The Morgan fingerprint density at radius 3 is 3.00 bits per heavy atom. The Labute approximate surface area is 118 Å². The van der Waals surface area contributed by atoms with E-state index in [9.17, 15) is 9.18 Å². The Kier molecular flexibility index (Phi) is 4.35. The van der Waals surface area contributed by atoms with Crippen molar-refractivity contribution in [3.05, 3.63) is 29.6 Å². The van der Waals surface area contributed by atoms with Gasteiger partial charge in [0.2, 0.25) is 5.91 Å². The molecule has 0 aromatic heterocycles. The number of rotatable bonds is 4. The monoisotopic (exact) mass is 275 g/mol. The predicted molar refractivity (Wildman–Crippen MR) is 74.6 cm³/mol. The maximum Gasteiger partial charge on any atom is 0.231 e. The first-order valence-corrected chi connectivity index (χ1v) is 6.84. The van der Waals surface area contributed by atoms with Crippen LogP contribution < -0.4 is 10.6 Å². The van der Waals surface area contributed by atoms with E-state index in [1.165, 1.54) is 12.1 Å². The highest BCUT2D eigenvalue weighted by atomic mass is 19.1. The van der Waals surface area contributed by atoms with Crippen LogP contribution >= 0.6 is 0 Å². The number of hydrogen-bond acceptors (Lipinski definition) is 3. The van der Waals surface area contributed by atoms with E-state index < -0.39 is 11.2 Å². The van der Waals surface area contributed by atoms with Crippen molar-refractivity contribution in [1.29, 1.82) is 5.26 Å². The van der Waals surface area contributed by atoms with Gasteiger partial charge in [-0.15, -0.1) is 0 Å². The molecule has 0 aliphatic carbocycles. The lowest BCUT2D eigenvalue weighted by molar-refractivity contribution is -0.125. The first-order chi connectivity index (χ1) is 9.63. The zero-order valence-electron chi connectivity index (χ0n) is 11.5. The van der Waals surface area contributed by atoms with E-state index in [1.807, 2.05) is 6.92 Å². The van der Waals surface area contributed by atoms with Crippen molar-refractivity contribution < 1.29 is 9.18 Å². The summed E-state index contributed by atoms with van der Waals surface area (Å²) in [6, 6.07) is 6.06. The molecule has 106 valence electrons. The minimum Gasteiger partial charge on any atom is -0.324 e. The topological polar surface area (TPSA) is 64.9 Å². The highest BCUT2D eigenvalue weighted by Gasteiger charge is 2.40. The molecule has 20 heavy (non-hydrogen) atoms. The van der Waals surface area contributed by atoms with Gasteiger partial charge in [-0.05, 0) is 31.5 Å². The van der Waals surface area contributed by atoms with E-state index in [-0.39, 0.29) is 17.2 Å². The third-order valence-electron chi connectivity index (χ3n) is 3.83. The number of nitriles is 1. The van der Waals surface area contributed by atoms with Crippen LogP contribution in [0.25, 0.3) is 0 Å². The summed E-state index contributed by atoms with van der Waals surface area (Å²) < 4.78 is 13.5. The average molecular weight is 275 g/mol. The van der Waals surface area contributed by atoms with Gasteiger partial charge in [-0.2, -0.15) is 5.26 Å². The van der Waals surface area contributed by atoms with Crippen molar-refractivity contribution in [2.24, 2.45) is 5.41 Å². The van der Waals surface area contributed by atoms with Crippen LogP contribution in [0.15, 0.2) is 18.2 Å². The number of nitrogens with one attached hydrogen (secondary N) is 2. The summed E-state index contributed by atoms with van der Waals surface area (Å²) in [5.41, 5.74) is -0.313. The van der Waals surface area contributed by atoms with Crippen LogP contribution in [-0.2, 0) is 4.79 Å². The maximum absolute atomic E-state index is 13.5. The van der Waals surface area contributed by atoms with Crippen molar-refractivity contribution >= 4 is 11.6 Å². The smallest absolute Gasteiger partial charge is 0.231 e. The summed E-state index contributed by atoms with van der Waals surface area (Å²) in [7, 11) is 0. The minimum atomic E-state index is -0.612. The summed E-state index contributed by atoms with van der Waals surface area (Å²) >= 11 is 0. The summed E-state index contributed by atoms with van der Waals surface area (Å²) in [4.78, 5) is 12.5. The van der Waals surface area contributed by atoms with Crippen LogP contribution in [0.5, 0.6) is 0 Å². The first kappa shape index (κ1) is 14.5. The molecule has 1 atom stereocenters. The fraction of sp³-hybridized carbons (Fsp3) is 0.467. The quantitative estimate of drug-likeness (QED) is 0.887. The summed E-state index contributed by atoms with van der Waals surface area (Å²) in [6.07, 6.45) is 2.45. The largest absolute Gasteiger partial charge is 0.324 e. The lowest BCUT2D eigenvalue weighted by Gasteiger charge is -2.26. The van der Waals surface area contributed by atoms with Crippen molar-refractivity contribution in [1.82, 2.24) is 5.32 Å². The number of hydrogen-bond donors (Lipinski definition) is 2. The number of benzene rings is 1. The highest BCUT2D eigenvalue weighted by molar-refractivity contribution is 5.96. The van der Waals surface area contributed by atoms with Crippen LogP contribution in [0.3, 0.4) is 0 Å². The van der Waals surface area contributed by atoms with E-state index in [4.69, 9.17) is 5.26 Å². The summed E-state index contributed by atoms with van der Waals surface area (Å²) in [6.45, 7) is 3.47. The van der Waals surface area contributed by atoms with Gasteiger partial charge < -0.3 is 10.6 Å². The molecule has 0 radical (unpaired) electrons. The second-order valence-corrected chi connectivity index (χ2v) is 5.19. The molecule has 1 aliphatic rings. The lowest BCUT2D eigenvalue weighted by atomic mass is 9.81. The molecule has 4 nitrogen and oxygen atoms in total. The fourth-order valence-electron chi connectivity index (χ4n) is 2.74. The number of halogens is 1. The summed E-state index contributed by atoms with van der Waals surface area (Å²) in [5.74, 6) is -0.745. The lowest BCUT2D eigenvalue weighted by Crippen LogP contribution is -2.38. The van der Waals surface area contributed by atoms with E-state index in [1.54, 1.807) is 12.1 Å². The standard InChI is InChI=1S/C15H18FN3O/c1-2-6-15(7-8-18-10-15)14(20)19-13-5-3-4-12(16)11(13)9-17/h3-5,18H,2,6-8,10H2,1H3,(H,19,20). The third-order valence-corrected chi connectivity index (χ3v) is 3.83. The van der Waals surface area contributed by atoms with Gasteiger partial charge >= 0.3 is 0 Å². The molecule has 0 spiro atoms. The normalized spacial score (nSPS) is 21.4. The van der Waals surface area contributed by atoms with Gasteiger partial charge in [-0.25, -0.2) is 4.39 Å². The average Bonchev–Trinajstić information content (AvgIpc) is 2.89. The molecule has 1 amide bonds. The van der Waals surface area contributed by atoms with E-state index in [2.05, 4.69) is 10.6 Å². The number of anilines is 1. The van der Waals surface area contributed by atoms with Gasteiger partial charge in [0.25, 0.3) is 0 Å². The van der Waals surface area contributed by atoms with Gasteiger partial charge in [-0.1, -0.05) is 19.4 Å². The highest BCUT2D eigenvalue weighted by Crippen LogP contribution is 2.33. The maximum atomic E-state index is 13.5. The zero-order chi connectivity index (χ0) is 14.6. The first-order valence-electron chi connectivity index (χ1n) is 6.84. The number of carbonyl (C=O) groups excluding carboxylic acids is 1. The SMILES string of the molecule is CCCC1(C(=O)Nc2cccc(F)c2C#N)CCNC1. The Hall–Kier alpha value is -1.93. The molecular weight excluding hydrogens is 257 g/mol. The van der Waals surface area contributed by atoms with Gasteiger partial charge in [-0.3, -0.25) is 4.79 Å². The molecule has 5 heteroatoms. The van der Waals surface area contributed by atoms with E-state index in [0.717, 1.165) is 25.8 Å². The van der Waals surface area contributed by atoms with Crippen LogP contribution in [0.4, 0.5) is 10.1 Å². The Bertz CT molecular complexity index is 545.